The number of para-hydroxylation sites is 1. The maximum atomic E-state index is 3.64. The highest BCUT2D eigenvalue weighted by Crippen LogP contribution is 2.23. The first-order chi connectivity index (χ1) is 10.7. The third kappa shape index (κ3) is 4.60. The van der Waals surface area contributed by atoms with Crippen molar-refractivity contribution < 1.29 is 0 Å². The second-order valence-corrected chi connectivity index (χ2v) is 5.99. The van der Waals surface area contributed by atoms with Crippen LogP contribution in [0.5, 0.6) is 0 Å². The van der Waals surface area contributed by atoms with E-state index in [0.29, 0.717) is 12.0 Å². The SMILES string of the molecule is CCC(NCCNc1ccccc1C(C)C)c1ccccc1. The second-order valence-electron chi connectivity index (χ2n) is 5.99. The van der Waals surface area contributed by atoms with E-state index in [1.54, 1.807) is 0 Å². The molecule has 0 spiro atoms. The van der Waals surface area contributed by atoms with E-state index in [9.17, 15) is 0 Å². The van der Waals surface area contributed by atoms with Crippen molar-refractivity contribution in [2.45, 2.75) is 39.2 Å². The molecule has 0 fully saturated rings. The molecule has 0 aliphatic rings. The zero-order valence-electron chi connectivity index (χ0n) is 14.0. The van der Waals surface area contributed by atoms with Gasteiger partial charge in [-0.25, -0.2) is 0 Å². The van der Waals surface area contributed by atoms with Crippen LogP contribution in [0.3, 0.4) is 0 Å². The van der Waals surface area contributed by atoms with Gasteiger partial charge in [-0.15, -0.1) is 0 Å². The van der Waals surface area contributed by atoms with Gasteiger partial charge in [0.05, 0.1) is 0 Å². The van der Waals surface area contributed by atoms with Crippen LogP contribution in [-0.2, 0) is 0 Å². The molecule has 2 aromatic rings. The molecule has 0 aliphatic carbocycles. The van der Waals surface area contributed by atoms with Gasteiger partial charge < -0.3 is 10.6 Å². The second kappa shape index (κ2) is 8.60. The lowest BCUT2D eigenvalue weighted by Crippen LogP contribution is -2.26. The molecule has 2 nitrogen and oxygen atoms in total. The van der Waals surface area contributed by atoms with E-state index in [0.717, 1.165) is 19.5 Å². The van der Waals surface area contributed by atoms with Gasteiger partial charge >= 0.3 is 0 Å². The van der Waals surface area contributed by atoms with Crippen LogP contribution in [0, 0.1) is 0 Å². The van der Waals surface area contributed by atoms with Crippen LogP contribution < -0.4 is 10.6 Å². The molecular weight excluding hydrogens is 268 g/mol. The predicted octanol–water partition coefficient (Wildman–Crippen LogP) is 4.96. The Balaban J connectivity index is 1.84. The molecule has 0 aromatic heterocycles. The first kappa shape index (κ1) is 16.6. The van der Waals surface area contributed by atoms with Crippen LogP contribution in [0.1, 0.15) is 50.3 Å². The Morgan fingerprint density at radius 1 is 0.864 bits per heavy atom. The highest BCUT2D eigenvalue weighted by molar-refractivity contribution is 5.52. The van der Waals surface area contributed by atoms with E-state index in [1.807, 2.05) is 0 Å². The summed E-state index contributed by atoms with van der Waals surface area (Å²) < 4.78 is 0. The minimum absolute atomic E-state index is 0.434. The molecule has 0 aliphatic heterocycles. The summed E-state index contributed by atoms with van der Waals surface area (Å²) >= 11 is 0. The van der Waals surface area contributed by atoms with Crippen LogP contribution in [0.2, 0.25) is 0 Å². The zero-order valence-corrected chi connectivity index (χ0v) is 14.0. The largest absolute Gasteiger partial charge is 0.384 e. The summed E-state index contributed by atoms with van der Waals surface area (Å²) in [6, 6.07) is 19.7. The molecule has 0 saturated carbocycles. The number of hydrogen-bond donors (Lipinski definition) is 2. The van der Waals surface area contributed by atoms with Gasteiger partial charge in [-0.2, -0.15) is 0 Å². The first-order valence-electron chi connectivity index (χ1n) is 8.33. The molecule has 2 heteroatoms. The van der Waals surface area contributed by atoms with Crippen molar-refractivity contribution in [1.29, 1.82) is 0 Å². The van der Waals surface area contributed by atoms with Crippen molar-refractivity contribution in [3.63, 3.8) is 0 Å². The molecule has 2 aromatic carbocycles. The summed E-state index contributed by atoms with van der Waals surface area (Å²) in [5, 5.41) is 7.21. The quantitative estimate of drug-likeness (QED) is 0.673. The lowest BCUT2D eigenvalue weighted by Gasteiger charge is -2.19. The molecule has 1 atom stereocenters. The summed E-state index contributed by atoms with van der Waals surface area (Å²) in [6.45, 7) is 8.60. The summed E-state index contributed by atoms with van der Waals surface area (Å²) in [4.78, 5) is 0. The van der Waals surface area contributed by atoms with Gasteiger partial charge in [0, 0.05) is 24.8 Å². The number of rotatable bonds is 8. The van der Waals surface area contributed by atoms with Crippen molar-refractivity contribution in [2.75, 3.05) is 18.4 Å². The van der Waals surface area contributed by atoms with Crippen LogP contribution in [-0.4, -0.2) is 13.1 Å². The fourth-order valence-corrected chi connectivity index (χ4v) is 2.79. The van der Waals surface area contributed by atoms with E-state index in [4.69, 9.17) is 0 Å². The van der Waals surface area contributed by atoms with Gasteiger partial charge in [0.1, 0.15) is 0 Å². The molecule has 22 heavy (non-hydrogen) atoms. The fraction of sp³-hybridized carbons (Fsp3) is 0.400. The molecule has 1 unspecified atom stereocenters. The van der Waals surface area contributed by atoms with E-state index in [1.165, 1.54) is 16.8 Å². The van der Waals surface area contributed by atoms with Crippen LogP contribution in [0.4, 0.5) is 5.69 Å². The van der Waals surface area contributed by atoms with Gasteiger partial charge in [0.15, 0.2) is 0 Å². The van der Waals surface area contributed by atoms with E-state index in [2.05, 4.69) is 86.0 Å². The normalized spacial score (nSPS) is 12.4. The first-order valence-corrected chi connectivity index (χ1v) is 8.33. The molecule has 0 radical (unpaired) electrons. The molecule has 0 saturated heterocycles. The monoisotopic (exact) mass is 296 g/mol. The summed E-state index contributed by atoms with van der Waals surface area (Å²) in [5.41, 5.74) is 4.01. The molecule has 0 bridgehead atoms. The number of anilines is 1. The third-order valence-corrected chi connectivity index (χ3v) is 4.02. The molecular formula is C20H28N2. The summed E-state index contributed by atoms with van der Waals surface area (Å²) in [7, 11) is 0. The number of nitrogens with one attached hydrogen (secondary N) is 2. The van der Waals surface area contributed by atoms with Crippen molar-refractivity contribution >= 4 is 5.69 Å². The maximum Gasteiger partial charge on any atom is 0.0375 e. The molecule has 0 amide bonds. The Morgan fingerprint density at radius 2 is 1.55 bits per heavy atom. The summed E-state index contributed by atoms with van der Waals surface area (Å²) in [5.74, 6) is 0.546. The van der Waals surface area contributed by atoms with E-state index >= 15 is 0 Å². The summed E-state index contributed by atoms with van der Waals surface area (Å²) in [6.07, 6.45) is 1.10. The van der Waals surface area contributed by atoms with Crippen molar-refractivity contribution in [1.82, 2.24) is 5.32 Å². The molecule has 0 heterocycles. The number of hydrogen-bond acceptors (Lipinski definition) is 2. The highest BCUT2D eigenvalue weighted by atomic mass is 15.0. The van der Waals surface area contributed by atoms with Crippen LogP contribution in [0.15, 0.2) is 54.6 Å². The van der Waals surface area contributed by atoms with E-state index in [-0.39, 0.29) is 0 Å². The Bertz CT molecular complexity index is 549. The topological polar surface area (TPSA) is 24.1 Å². The lowest BCUT2D eigenvalue weighted by molar-refractivity contribution is 0.531. The van der Waals surface area contributed by atoms with Gasteiger partial charge in [-0.3, -0.25) is 0 Å². The third-order valence-electron chi connectivity index (χ3n) is 4.02. The van der Waals surface area contributed by atoms with Gasteiger partial charge in [-0.05, 0) is 29.5 Å². The van der Waals surface area contributed by atoms with Gasteiger partial charge in [0.2, 0.25) is 0 Å². The van der Waals surface area contributed by atoms with Gasteiger partial charge in [0.25, 0.3) is 0 Å². The highest BCUT2D eigenvalue weighted by Gasteiger charge is 2.08. The average Bonchev–Trinajstić information content (AvgIpc) is 2.56. The fourth-order valence-electron chi connectivity index (χ4n) is 2.79. The minimum Gasteiger partial charge on any atom is -0.384 e. The van der Waals surface area contributed by atoms with E-state index < -0.39 is 0 Å². The Labute approximate surface area is 135 Å². The Kier molecular flexibility index (Phi) is 6.47. The van der Waals surface area contributed by atoms with Crippen LogP contribution >= 0.6 is 0 Å². The Morgan fingerprint density at radius 3 is 2.23 bits per heavy atom. The minimum atomic E-state index is 0.434. The maximum absolute atomic E-state index is 3.64. The average molecular weight is 296 g/mol. The smallest absolute Gasteiger partial charge is 0.0375 e. The molecule has 2 rings (SSSR count). The van der Waals surface area contributed by atoms with Crippen molar-refractivity contribution in [3.8, 4) is 0 Å². The lowest BCUT2D eigenvalue weighted by atomic mass is 10.0. The zero-order chi connectivity index (χ0) is 15.8. The van der Waals surface area contributed by atoms with Crippen molar-refractivity contribution in [2.24, 2.45) is 0 Å². The molecule has 118 valence electrons. The molecule has 2 N–H and O–H groups in total. The van der Waals surface area contributed by atoms with Crippen molar-refractivity contribution in [3.05, 3.63) is 65.7 Å². The number of benzene rings is 2. The van der Waals surface area contributed by atoms with Crippen LogP contribution in [0.25, 0.3) is 0 Å². The Hall–Kier alpha value is -1.80. The predicted molar refractivity (Wildman–Crippen MR) is 96.5 cm³/mol. The van der Waals surface area contributed by atoms with Gasteiger partial charge in [-0.1, -0.05) is 69.3 Å². The standard InChI is InChI=1S/C20H28N2/c1-4-19(17-10-6-5-7-11-17)21-14-15-22-20-13-9-8-12-18(20)16(2)3/h5-13,16,19,21-22H,4,14-15H2,1-3H3.